The number of alkyl halides is 1. The summed E-state index contributed by atoms with van der Waals surface area (Å²) in [5, 5.41) is 0. The summed E-state index contributed by atoms with van der Waals surface area (Å²) < 4.78 is 5.42. The molecule has 1 aliphatic heterocycles. The molecule has 1 unspecified atom stereocenters. The molecule has 1 heterocycles. The second-order valence-electron chi connectivity index (χ2n) is 6.62. The van der Waals surface area contributed by atoms with Gasteiger partial charge in [-0.15, -0.1) is 0 Å². The molecule has 0 radical (unpaired) electrons. The van der Waals surface area contributed by atoms with E-state index >= 15 is 0 Å². The first-order chi connectivity index (χ1) is 9.85. The van der Waals surface area contributed by atoms with E-state index in [9.17, 15) is 4.79 Å². The second kappa shape index (κ2) is 6.82. The smallest absolute Gasteiger partial charge is 0.410 e. The van der Waals surface area contributed by atoms with Gasteiger partial charge in [-0.25, -0.2) is 4.79 Å². The van der Waals surface area contributed by atoms with Crippen LogP contribution in [0.4, 0.5) is 4.79 Å². The van der Waals surface area contributed by atoms with Gasteiger partial charge in [0.05, 0.1) is 4.83 Å². The minimum absolute atomic E-state index is 0.188. The zero-order chi connectivity index (χ0) is 15.5. The van der Waals surface area contributed by atoms with Gasteiger partial charge < -0.3 is 9.64 Å². The highest BCUT2D eigenvalue weighted by Crippen LogP contribution is 2.26. The van der Waals surface area contributed by atoms with E-state index in [0.717, 1.165) is 25.9 Å². The van der Waals surface area contributed by atoms with Crippen LogP contribution >= 0.6 is 15.9 Å². The number of likely N-dealkylation sites (tertiary alicyclic amines) is 1. The van der Waals surface area contributed by atoms with Crippen LogP contribution in [0.5, 0.6) is 0 Å². The lowest BCUT2D eigenvalue weighted by molar-refractivity contribution is 0.0197. The summed E-state index contributed by atoms with van der Waals surface area (Å²) in [6.07, 6.45) is 12.6. The molecule has 3 nitrogen and oxygen atoms in total. The van der Waals surface area contributed by atoms with E-state index in [2.05, 4.69) is 46.3 Å². The van der Waals surface area contributed by atoms with Crippen LogP contribution < -0.4 is 0 Å². The molecule has 0 bridgehead atoms. The Hall–Kier alpha value is -1.03. The van der Waals surface area contributed by atoms with Crippen molar-refractivity contribution in [2.24, 2.45) is 5.92 Å². The molecule has 0 saturated carbocycles. The summed E-state index contributed by atoms with van der Waals surface area (Å²) in [4.78, 5) is 14.2. The summed E-state index contributed by atoms with van der Waals surface area (Å²) in [6.45, 7) is 7.26. The maximum absolute atomic E-state index is 12.0. The lowest BCUT2D eigenvalue weighted by atomic mass is 9.93. The predicted molar refractivity (Wildman–Crippen MR) is 89.6 cm³/mol. The first kappa shape index (κ1) is 16.3. The summed E-state index contributed by atoms with van der Waals surface area (Å²) in [7, 11) is 0. The molecular weight excluding hydrogens is 330 g/mol. The molecule has 1 saturated heterocycles. The van der Waals surface area contributed by atoms with Crippen molar-refractivity contribution < 1.29 is 9.53 Å². The molecule has 0 spiro atoms. The Morgan fingerprint density at radius 2 is 2.00 bits per heavy atom. The van der Waals surface area contributed by atoms with Crippen LogP contribution in [0.2, 0.25) is 0 Å². The van der Waals surface area contributed by atoms with Crippen LogP contribution in [0, 0.1) is 5.92 Å². The zero-order valence-corrected chi connectivity index (χ0v) is 14.6. The van der Waals surface area contributed by atoms with Crippen LogP contribution in [0.1, 0.15) is 33.6 Å². The molecule has 2 rings (SSSR count). The fourth-order valence-corrected chi connectivity index (χ4v) is 3.01. The number of hydrogen-bond donors (Lipinski definition) is 0. The first-order valence-corrected chi connectivity index (χ1v) is 8.45. The van der Waals surface area contributed by atoms with E-state index in [0.29, 0.717) is 10.7 Å². The van der Waals surface area contributed by atoms with Crippen molar-refractivity contribution in [1.29, 1.82) is 0 Å². The average Bonchev–Trinajstić information content (AvgIpc) is 2.40. The third-order valence-electron chi connectivity index (χ3n) is 3.62. The molecule has 4 heteroatoms. The van der Waals surface area contributed by atoms with E-state index < -0.39 is 5.60 Å². The number of rotatable bonds is 1. The van der Waals surface area contributed by atoms with Gasteiger partial charge in [0.25, 0.3) is 0 Å². The molecule has 2 aliphatic rings. The molecule has 1 aliphatic carbocycles. The summed E-state index contributed by atoms with van der Waals surface area (Å²) in [5.41, 5.74) is 0.895. The molecule has 1 fully saturated rings. The minimum atomic E-state index is -0.418. The highest BCUT2D eigenvalue weighted by atomic mass is 79.9. The topological polar surface area (TPSA) is 29.5 Å². The van der Waals surface area contributed by atoms with Crippen molar-refractivity contribution in [3.63, 3.8) is 0 Å². The van der Waals surface area contributed by atoms with E-state index in [1.807, 2.05) is 25.7 Å². The van der Waals surface area contributed by atoms with E-state index in [1.165, 1.54) is 5.57 Å². The number of carbonyl (C=O) groups is 1. The largest absolute Gasteiger partial charge is 0.444 e. The number of nitrogens with zero attached hydrogens (tertiary/aromatic N) is 1. The SMILES string of the molecule is CC(C)(C)OC(=O)N1CCC(C=C2C=CC=CC2Br)CC1. The molecule has 1 amide bonds. The Bertz CT molecular complexity index is 466. The van der Waals surface area contributed by atoms with Crippen LogP contribution in [-0.2, 0) is 4.74 Å². The van der Waals surface area contributed by atoms with Crippen molar-refractivity contribution in [2.45, 2.75) is 44.0 Å². The average molecular weight is 354 g/mol. The first-order valence-electron chi connectivity index (χ1n) is 7.54. The quantitative estimate of drug-likeness (QED) is 0.651. The number of carbonyl (C=O) groups excluding carboxylic acids is 1. The summed E-state index contributed by atoms with van der Waals surface area (Å²) >= 11 is 3.66. The number of allylic oxidation sites excluding steroid dienone is 6. The molecular formula is C17H24BrNO2. The van der Waals surface area contributed by atoms with Crippen LogP contribution in [0.25, 0.3) is 0 Å². The maximum atomic E-state index is 12.0. The van der Waals surface area contributed by atoms with Gasteiger partial charge in [-0.1, -0.05) is 46.3 Å². The van der Waals surface area contributed by atoms with Gasteiger partial charge in [0.2, 0.25) is 0 Å². The molecule has 0 aromatic carbocycles. The highest BCUT2D eigenvalue weighted by molar-refractivity contribution is 9.09. The molecule has 0 aromatic rings. The Morgan fingerprint density at radius 1 is 1.33 bits per heavy atom. The number of piperidine rings is 1. The van der Waals surface area contributed by atoms with Gasteiger partial charge in [-0.05, 0) is 45.1 Å². The standard InChI is InChI=1S/C17H24BrNO2/c1-17(2,3)21-16(20)19-10-8-13(9-11-19)12-14-6-4-5-7-15(14)18/h4-7,12-13,15H,8-11H2,1-3H3. The number of hydrogen-bond acceptors (Lipinski definition) is 2. The maximum Gasteiger partial charge on any atom is 0.410 e. The second-order valence-corrected chi connectivity index (χ2v) is 7.60. The van der Waals surface area contributed by atoms with Crippen molar-refractivity contribution >= 4 is 22.0 Å². The van der Waals surface area contributed by atoms with E-state index in [1.54, 1.807) is 0 Å². The fraction of sp³-hybridized carbons (Fsp3) is 0.588. The fourth-order valence-electron chi connectivity index (χ4n) is 2.53. The third kappa shape index (κ3) is 5.03. The summed E-state index contributed by atoms with van der Waals surface area (Å²) in [5.74, 6) is 0.537. The van der Waals surface area contributed by atoms with Crippen molar-refractivity contribution in [1.82, 2.24) is 4.90 Å². The molecule has 0 N–H and O–H groups in total. The number of ether oxygens (including phenoxy) is 1. The van der Waals surface area contributed by atoms with Crippen LogP contribution in [0.15, 0.2) is 36.0 Å². The van der Waals surface area contributed by atoms with Crippen molar-refractivity contribution in [3.05, 3.63) is 36.0 Å². The van der Waals surface area contributed by atoms with Gasteiger partial charge in [0.15, 0.2) is 0 Å². The van der Waals surface area contributed by atoms with Gasteiger partial charge in [-0.2, -0.15) is 0 Å². The molecule has 1 atom stereocenters. The van der Waals surface area contributed by atoms with Crippen LogP contribution in [0.3, 0.4) is 0 Å². The van der Waals surface area contributed by atoms with Gasteiger partial charge in [0, 0.05) is 13.1 Å². The Kier molecular flexibility index (Phi) is 5.31. The Balaban J connectivity index is 1.86. The molecule has 116 valence electrons. The zero-order valence-electron chi connectivity index (χ0n) is 13.0. The predicted octanol–water partition coefficient (Wildman–Crippen LogP) is 4.45. The van der Waals surface area contributed by atoms with Gasteiger partial charge >= 0.3 is 6.09 Å². The Labute approximate surface area is 135 Å². The van der Waals surface area contributed by atoms with Crippen molar-refractivity contribution in [3.8, 4) is 0 Å². The monoisotopic (exact) mass is 353 g/mol. The Morgan fingerprint density at radius 3 is 2.57 bits per heavy atom. The molecule has 21 heavy (non-hydrogen) atoms. The van der Waals surface area contributed by atoms with E-state index in [4.69, 9.17) is 4.74 Å². The normalized spacial score (nSPS) is 25.4. The minimum Gasteiger partial charge on any atom is -0.444 e. The number of amides is 1. The number of halogens is 1. The van der Waals surface area contributed by atoms with Crippen LogP contribution in [-0.4, -0.2) is 34.5 Å². The van der Waals surface area contributed by atoms with Gasteiger partial charge in [-0.3, -0.25) is 0 Å². The van der Waals surface area contributed by atoms with E-state index in [-0.39, 0.29) is 6.09 Å². The van der Waals surface area contributed by atoms with Crippen molar-refractivity contribution in [2.75, 3.05) is 13.1 Å². The van der Waals surface area contributed by atoms with Gasteiger partial charge in [0.1, 0.15) is 5.60 Å². The highest BCUT2D eigenvalue weighted by Gasteiger charge is 2.26. The third-order valence-corrected chi connectivity index (χ3v) is 4.45. The molecule has 0 aromatic heterocycles. The summed E-state index contributed by atoms with van der Waals surface area (Å²) in [6, 6.07) is 0. The lowest BCUT2D eigenvalue weighted by Gasteiger charge is -2.33. The lowest BCUT2D eigenvalue weighted by Crippen LogP contribution is -2.41.